The number of rotatable bonds is 3. The molecule has 2 atom stereocenters. The summed E-state index contributed by atoms with van der Waals surface area (Å²) in [6.45, 7) is 5.91. The summed E-state index contributed by atoms with van der Waals surface area (Å²) in [5.41, 5.74) is 4.85. The lowest BCUT2D eigenvalue weighted by Crippen LogP contribution is -2.53. The van der Waals surface area contributed by atoms with E-state index in [4.69, 9.17) is 14.9 Å². The Balaban J connectivity index is 1.57. The van der Waals surface area contributed by atoms with Gasteiger partial charge < -0.3 is 4.74 Å². The summed E-state index contributed by atoms with van der Waals surface area (Å²) in [4.78, 5) is 14.2. The molecule has 6 heteroatoms. The summed E-state index contributed by atoms with van der Waals surface area (Å²) in [5, 5.41) is 11.0. The van der Waals surface area contributed by atoms with Gasteiger partial charge in [-0.2, -0.15) is 15.2 Å². The molecule has 2 unspecified atom stereocenters. The van der Waals surface area contributed by atoms with E-state index >= 15 is 0 Å². The van der Waals surface area contributed by atoms with Crippen molar-refractivity contribution in [3.63, 3.8) is 0 Å². The number of carbonyl (C=O) groups excluding carboxylic acids is 1. The second-order valence-electron chi connectivity index (χ2n) is 8.87. The first-order chi connectivity index (χ1) is 16.5. The molecule has 4 aromatic rings. The second kappa shape index (κ2) is 7.42. The number of fused-ring (bicyclic) bond motifs is 1. The summed E-state index contributed by atoms with van der Waals surface area (Å²) in [6.07, 6.45) is 0. The van der Waals surface area contributed by atoms with Gasteiger partial charge in [0.2, 0.25) is 11.5 Å². The molecule has 168 valence electrons. The fourth-order valence-corrected chi connectivity index (χ4v) is 5.04. The third-order valence-corrected chi connectivity index (χ3v) is 6.73. The number of amides is 1. The summed E-state index contributed by atoms with van der Waals surface area (Å²) in [7, 11) is 0. The minimum Gasteiger partial charge on any atom is -0.453 e. The molecule has 0 N–H and O–H groups in total. The number of hydrogen-bond acceptors (Lipinski definition) is 4. The normalized spacial score (nSPS) is 21.0. The number of para-hydroxylation sites is 2. The summed E-state index contributed by atoms with van der Waals surface area (Å²) in [5.74, 6) is 0.0228. The lowest BCUT2D eigenvalue weighted by atomic mass is 9.76. The number of hydrogen-bond donors (Lipinski definition) is 0. The Morgan fingerprint density at radius 1 is 0.824 bits per heavy atom. The molecular formula is C28H24N4O2. The molecule has 3 heterocycles. The fourth-order valence-electron chi connectivity index (χ4n) is 5.04. The third kappa shape index (κ3) is 2.78. The van der Waals surface area contributed by atoms with Crippen LogP contribution in [-0.4, -0.2) is 27.0 Å². The largest absolute Gasteiger partial charge is 0.453 e. The van der Waals surface area contributed by atoms with Gasteiger partial charge in [0.1, 0.15) is 0 Å². The smallest absolute Gasteiger partial charge is 0.298 e. The molecule has 0 bridgehead atoms. The monoisotopic (exact) mass is 448 g/mol. The standard InChI is InChI=1S/C28H24N4O2/c1-18-14-16-21(17-15-18)25-24-19(2)29-31(22-10-6-4-7-11-22)26(24)34-28(25)20(3)30-32(27(28)33)23-12-8-5-9-13-23/h4-17,25H,1-3H3. The van der Waals surface area contributed by atoms with Gasteiger partial charge in [0.15, 0.2) is 0 Å². The van der Waals surface area contributed by atoms with E-state index in [0.29, 0.717) is 17.3 Å². The molecule has 0 saturated heterocycles. The van der Waals surface area contributed by atoms with Gasteiger partial charge in [-0.05, 0) is 50.6 Å². The number of aryl methyl sites for hydroxylation is 2. The van der Waals surface area contributed by atoms with Gasteiger partial charge in [-0.3, -0.25) is 4.79 Å². The number of hydrazone groups is 1. The number of nitrogens with zero attached hydrogens (tertiary/aromatic N) is 4. The zero-order valence-corrected chi connectivity index (χ0v) is 19.3. The number of ether oxygens (including phenoxy) is 1. The predicted molar refractivity (Wildman–Crippen MR) is 132 cm³/mol. The highest BCUT2D eigenvalue weighted by Crippen LogP contribution is 2.53. The van der Waals surface area contributed by atoms with Gasteiger partial charge in [0.25, 0.3) is 5.91 Å². The average Bonchev–Trinajstić information content (AvgIpc) is 3.47. The maximum Gasteiger partial charge on any atom is 0.298 e. The summed E-state index contributed by atoms with van der Waals surface area (Å²) >= 11 is 0. The topological polar surface area (TPSA) is 59.7 Å². The van der Waals surface area contributed by atoms with Crippen LogP contribution in [0.5, 0.6) is 5.88 Å². The Kier molecular flexibility index (Phi) is 4.45. The van der Waals surface area contributed by atoms with E-state index in [9.17, 15) is 4.79 Å². The highest BCUT2D eigenvalue weighted by molar-refractivity contribution is 6.23. The molecule has 6 rings (SSSR count). The van der Waals surface area contributed by atoms with Gasteiger partial charge in [-0.1, -0.05) is 66.2 Å². The number of aromatic nitrogens is 2. The number of benzene rings is 3. The summed E-state index contributed by atoms with van der Waals surface area (Å²) < 4.78 is 8.51. The van der Waals surface area contributed by atoms with Crippen LogP contribution in [0.1, 0.15) is 35.2 Å². The molecule has 34 heavy (non-hydrogen) atoms. The lowest BCUT2D eigenvalue weighted by Gasteiger charge is -2.30. The van der Waals surface area contributed by atoms with E-state index in [1.165, 1.54) is 5.01 Å². The Morgan fingerprint density at radius 2 is 1.44 bits per heavy atom. The first-order valence-electron chi connectivity index (χ1n) is 11.4. The van der Waals surface area contributed by atoms with Crippen molar-refractivity contribution in [2.24, 2.45) is 5.10 Å². The zero-order valence-electron chi connectivity index (χ0n) is 19.3. The van der Waals surface area contributed by atoms with Crippen LogP contribution in [-0.2, 0) is 4.79 Å². The second-order valence-corrected chi connectivity index (χ2v) is 8.87. The number of anilines is 1. The van der Waals surface area contributed by atoms with Gasteiger partial charge >= 0.3 is 0 Å². The minimum atomic E-state index is -1.28. The van der Waals surface area contributed by atoms with Gasteiger partial charge in [-0.25, -0.2) is 4.68 Å². The number of carbonyl (C=O) groups is 1. The van der Waals surface area contributed by atoms with Crippen molar-refractivity contribution in [1.29, 1.82) is 0 Å². The van der Waals surface area contributed by atoms with Gasteiger partial charge in [0, 0.05) is 5.56 Å². The van der Waals surface area contributed by atoms with E-state index in [2.05, 4.69) is 31.2 Å². The van der Waals surface area contributed by atoms with E-state index in [0.717, 1.165) is 28.1 Å². The molecule has 0 aliphatic carbocycles. The SMILES string of the molecule is CC1=NN(c2ccccc2)C(=O)C12Oc1c(c(C)nn1-c1ccccc1)C2c1ccc(C)cc1. The molecule has 2 aliphatic rings. The van der Waals surface area contributed by atoms with Crippen molar-refractivity contribution in [3.05, 3.63) is 107 Å². The molecule has 1 amide bonds. The average molecular weight is 449 g/mol. The van der Waals surface area contributed by atoms with Crippen molar-refractivity contribution < 1.29 is 9.53 Å². The van der Waals surface area contributed by atoms with Crippen LogP contribution in [0.15, 0.2) is 90.0 Å². The summed E-state index contributed by atoms with van der Waals surface area (Å²) in [6, 6.07) is 27.6. The van der Waals surface area contributed by atoms with Crippen LogP contribution in [0.3, 0.4) is 0 Å². The molecule has 3 aromatic carbocycles. The first-order valence-corrected chi connectivity index (χ1v) is 11.4. The maximum absolute atomic E-state index is 14.2. The Morgan fingerprint density at radius 3 is 2.09 bits per heavy atom. The fraction of sp³-hybridized carbons (Fsp3) is 0.179. The van der Waals surface area contributed by atoms with Crippen LogP contribution in [0.25, 0.3) is 5.69 Å². The van der Waals surface area contributed by atoms with Gasteiger partial charge in [-0.15, -0.1) is 0 Å². The van der Waals surface area contributed by atoms with Crippen LogP contribution in [0.4, 0.5) is 5.69 Å². The van der Waals surface area contributed by atoms with Crippen molar-refractivity contribution in [3.8, 4) is 11.6 Å². The molecule has 1 spiro atoms. The quantitative estimate of drug-likeness (QED) is 0.434. The van der Waals surface area contributed by atoms with Crippen molar-refractivity contribution >= 4 is 17.3 Å². The Bertz CT molecular complexity index is 1420. The molecular weight excluding hydrogens is 424 g/mol. The van der Waals surface area contributed by atoms with Crippen molar-refractivity contribution in [1.82, 2.24) is 9.78 Å². The molecule has 6 nitrogen and oxygen atoms in total. The minimum absolute atomic E-state index is 0.197. The first kappa shape index (κ1) is 20.4. The van der Waals surface area contributed by atoms with E-state index < -0.39 is 5.60 Å². The highest BCUT2D eigenvalue weighted by atomic mass is 16.5. The van der Waals surface area contributed by atoms with Crippen molar-refractivity contribution in [2.75, 3.05) is 5.01 Å². The van der Waals surface area contributed by atoms with Crippen LogP contribution in [0.2, 0.25) is 0 Å². The molecule has 0 fully saturated rings. The molecule has 0 saturated carbocycles. The highest BCUT2D eigenvalue weighted by Gasteiger charge is 2.64. The van der Waals surface area contributed by atoms with Crippen LogP contribution >= 0.6 is 0 Å². The lowest BCUT2D eigenvalue weighted by molar-refractivity contribution is -0.127. The van der Waals surface area contributed by atoms with Crippen molar-refractivity contribution in [2.45, 2.75) is 32.3 Å². The Hall–Kier alpha value is -4.19. The van der Waals surface area contributed by atoms with E-state index in [1.807, 2.05) is 74.5 Å². The zero-order chi connectivity index (χ0) is 23.4. The van der Waals surface area contributed by atoms with Crippen LogP contribution < -0.4 is 9.75 Å². The third-order valence-electron chi connectivity index (χ3n) is 6.73. The molecule has 0 radical (unpaired) electrons. The maximum atomic E-state index is 14.2. The molecule has 1 aromatic heterocycles. The predicted octanol–water partition coefficient (Wildman–Crippen LogP) is 5.17. The van der Waals surface area contributed by atoms with Gasteiger partial charge in [0.05, 0.1) is 28.7 Å². The van der Waals surface area contributed by atoms with E-state index in [-0.39, 0.29) is 11.8 Å². The molecule has 2 aliphatic heterocycles. The van der Waals surface area contributed by atoms with Crippen LogP contribution in [0, 0.1) is 13.8 Å². The Labute approximate surface area is 198 Å². The van der Waals surface area contributed by atoms with E-state index in [1.54, 1.807) is 4.68 Å².